The molecule has 1 unspecified atom stereocenters. The lowest BCUT2D eigenvalue weighted by molar-refractivity contribution is 0.586. The summed E-state index contributed by atoms with van der Waals surface area (Å²) in [6.45, 7) is 0. The molecule has 3 rings (SSSR count). The van der Waals surface area contributed by atoms with Crippen molar-refractivity contribution in [2.45, 2.75) is 5.66 Å². The number of rotatable bonds is 1. The average molecular weight is 208 g/mol. The van der Waals surface area contributed by atoms with Crippen molar-refractivity contribution in [1.82, 2.24) is 0 Å². The summed E-state index contributed by atoms with van der Waals surface area (Å²) in [6, 6.07) is 18.1. The minimum absolute atomic E-state index is 0.710. The molecule has 0 amide bonds. The maximum Gasteiger partial charge on any atom is 0.160 e. The molecular formula is C14H12N2. The van der Waals surface area contributed by atoms with Crippen LogP contribution in [-0.2, 0) is 5.66 Å². The van der Waals surface area contributed by atoms with Crippen molar-refractivity contribution in [3.05, 3.63) is 71.3 Å². The molecule has 0 bridgehead atoms. The molecule has 0 saturated carbocycles. The first-order valence-corrected chi connectivity index (χ1v) is 5.30. The molecule has 2 aromatic rings. The second-order valence-corrected chi connectivity index (χ2v) is 3.98. The minimum atomic E-state index is -0.710. The Morgan fingerprint density at radius 2 is 1.56 bits per heavy atom. The predicted molar refractivity (Wildman–Crippen MR) is 65.4 cm³/mol. The van der Waals surface area contributed by atoms with E-state index < -0.39 is 5.66 Å². The van der Waals surface area contributed by atoms with Gasteiger partial charge in [-0.1, -0.05) is 54.6 Å². The first kappa shape index (κ1) is 9.31. The molecule has 2 aromatic carbocycles. The summed E-state index contributed by atoms with van der Waals surface area (Å²) in [4.78, 5) is 4.46. The highest BCUT2D eigenvalue weighted by Crippen LogP contribution is 2.34. The van der Waals surface area contributed by atoms with Crippen LogP contribution in [-0.4, -0.2) is 6.21 Å². The zero-order chi connectivity index (χ0) is 11.0. The summed E-state index contributed by atoms with van der Waals surface area (Å²) in [5.74, 6) is 0. The Labute approximate surface area is 94.4 Å². The van der Waals surface area contributed by atoms with Crippen LogP contribution in [0.3, 0.4) is 0 Å². The summed E-state index contributed by atoms with van der Waals surface area (Å²) >= 11 is 0. The fraction of sp³-hybridized carbons (Fsp3) is 0.0714. The van der Waals surface area contributed by atoms with Gasteiger partial charge in [-0.3, -0.25) is 10.7 Å². The molecule has 0 radical (unpaired) electrons. The second kappa shape index (κ2) is 3.29. The number of nitrogens with two attached hydrogens (primary N) is 1. The highest BCUT2D eigenvalue weighted by atomic mass is 15.0. The van der Waals surface area contributed by atoms with Crippen LogP contribution in [0.1, 0.15) is 16.7 Å². The molecule has 2 nitrogen and oxygen atoms in total. The number of hydrogen-bond acceptors (Lipinski definition) is 2. The van der Waals surface area contributed by atoms with Crippen molar-refractivity contribution in [3.63, 3.8) is 0 Å². The lowest BCUT2D eigenvalue weighted by Gasteiger charge is -2.23. The van der Waals surface area contributed by atoms with Gasteiger partial charge in [-0.2, -0.15) is 0 Å². The predicted octanol–water partition coefficient (Wildman–Crippen LogP) is 2.28. The van der Waals surface area contributed by atoms with Gasteiger partial charge in [0.1, 0.15) is 0 Å². The third-order valence-electron chi connectivity index (χ3n) is 2.99. The normalized spacial score (nSPS) is 22.1. The summed E-state index contributed by atoms with van der Waals surface area (Å²) in [6.07, 6.45) is 1.85. The van der Waals surface area contributed by atoms with Gasteiger partial charge in [-0.15, -0.1) is 0 Å². The maximum atomic E-state index is 6.39. The summed E-state index contributed by atoms with van der Waals surface area (Å²) in [5, 5.41) is 0. The van der Waals surface area contributed by atoms with Crippen molar-refractivity contribution in [2.75, 3.05) is 0 Å². The molecule has 2 heteroatoms. The first-order chi connectivity index (χ1) is 7.81. The van der Waals surface area contributed by atoms with E-state index in [-0.39, 0.29) is 0 Å². The SMILES string of the molecule is NC1(c2ccccc2)N=Cc2ccccc21. The van der Waals surface area contributed by atoms with E-state index >= 15 is 0 Å². The Bertz CT molecular complexity index is 546. The van der Waals surface area contributed by atoms with Crippen molar-refractivity contribution >= 4 is 6.21 Å². The average Bonchev–Trinajstić information content (AvgIpc) is 2.71. The molecule has 0 aliphatic carbocycles. The largest absolute Gasteiger partial charge is 0.300 e. The van der Waals surface area contributed by atoms with E-state index in [4.69, 9.17) is 5.73 Å². The van der Waals surface area contributed by atoms with Crippen LogP contribution < -0.4 is 5.73 Å². The van der Waals surface area contributed by atoms with Crippen LogP contribution in [0.5, 0.6) is 0 Å². The second-order valence-electron chi connectivity index (χ2n) is 3.98. The monoisotopic (exact) mass is 208 g/mol. The standard InChI is InChI=1S/C14H12N2/c15-14(12-7-2-1-3-8-12)13-9-5-4-6-11(13)10-16-14/h1-10H,15H2. The van der Waals surface area contributed by atoms with Crippen LogP contribution >= 0.6 is 0 Å². The Morgan fingerprint density at radius 1 is 0.875 bits per heavy atom. The Kier molecular flexibility index (Phi) is 1.91. The first-order valence-electron chi connectivity index (χ1n) is 5.30. The molecule has 0 aromatic heterocycles. The fourth-order valence-corrected chi connectivity index (χ4v) is 2.12. The molecule has 1 atom stereocenters. The third kappa shape index (κ3) is 1.20. The van der Waals surface area contributed by atoms with Gasteiger partial charge in [-0.05, 0) is 11.1 Å². The van der Waals surface area contributed by atoms with E-state index in [2.05, 4.69) is 4.99 Å². The highest BCUT2D eigenvalue weighted by molar-refractivity contribution is 5.87. The van der Waals surface area contributed by atoms with Crippen molar-refractivity contribution in [3.8, 4) is 0 Å². The van der Waals surface area contributed by atoms with Crippen molar-refractivity contribution in [2.24, 2.45) is 10.7 Å². The van der Waals surface area contributed by atoms with Gasteiger partial charge in [-0.25, -0.2) is 0 Å². The third-order valence-corrected chi connectivity index (χ3v) is 2.99. The van der Waals surface area contributed by atoms with E-state index in [0.29, 0.717) is 0 Å². The number of fused-ring (bicyclic) bond motifs is 1. The Balaban J connectivity index is 2.19. The zero-order valence-corrected chi connectivity index (χ0v) is 8.80. The molecule has 2 N–H and O–H groups in total. The van der Waals surface area contributed by atoms with Gasteiger partial charge < -0.3 is 0 Å². The van der Waals surface area contributed by atoms with Crippen molar-refractivity contribution in [1.29, 1.82) is 0 Å². The lowest BCUT2D eigenvalue weighted by atomic mass is 9.92. The molecule has 0 saturated heterocycles. The lowest BCUT2D eigenvalue weighted by Crippen LogP contribution is -2.34. The smallest absolute Gasteiger partial charge is 0.160 e. The zero-order valence-electron chi connectivity index (χ0n) is 8.80. The van der Waals surface area contributed by atoms with Gasteiger partial charge in [0, 0.05) is 11.8 Å². The van der Waals surface area contributed by atoms with E-state index in [1.165, 1.54) is 0 Å². The van der Waals surface area contributed by atoms with Crippen molar-refractivity contribution < 1.29 is 0 Å². The topological polar surface area (TPSA) is 38.4 Å². The van der Waals surface area contributed by atoms with E-state index in [9.17, 15) is 0 Å². The van der Waals surface area contributed by atoms with Crippen LogP contribution in [0.4, 0.5) is 0 Å². The molecule has 0 spiro atoms. The number of aliphatic imine (C=N–C) groups is 1. The summed E-state index contributed by atoms with van der Waals surface area (Å²) < 4.78 is 0. The maximum absolute atomic E-state index is 6.39. The minimum Gasteiger partial charge on any atom is -0.300 e. The van der Waals surface area contributed by atoms with Crippen LogP contribution in [0.25, 0.3) is 0 Å². The van der Waals surface area contributed by atoms with Crippen LogP contribution in [0.15, 0.2) is 59.6 Å². The van der Waals surface area contributed by atoms with Gasteiger partial charge in [0.05, 0.1) is 0 Å². The van der Waals surface area contributed by atoms with Gasteiger partial charge in [0.2, 0.25) is 0 Å². The Morgan fingerprint density at radius 3 is 2.38 bits per heavy atom. The molecular weight excluding hydrogens is 196 g/mol. The van der Waals surface area contributed by atoms with Crippen LogP contribution in [0.2, 0.25) is 0 Å². The van der Waals surface area contributed by atoms with Gasteiger partial charge in [0.25, 0.3) is 0 Å². The van der Waals surface area contributed by atoms with E-state index in [1.54, 1.807) is 0 Å². The molecule has 1 heterocycles. The molecule has 78 valence electrons. The number of nitrogens with zero attached hydrogens (tertiary/aromatic N) is 1. The quantitative estimate of drug-likeness (QED) is 0.767. The number of hydrogen-bond donors (Lipinski definition) is 1. The van der Waals surface area contributed by atoms with Gasteiger partial charge >= 0.3 is 0 Å². The molecule has 1 aliphatic heterocycles. The van der Waals surface area contributed by atoms with Crippen LogP contribution in [0, 0.1) is 0 Å². The molecule has 0 fully saturated rings. The summed E-state index contributed by atoms with van der Waals surface area (Å²) in [5.41, 5.74) is 8.88. The highest BCUT2D eigenvalue weighted by Gasteiger charge is 2.33. The molecule has 1 aliphatic rings. The fourth-order valence-electron chi connectivity index (χ4n) is 2.12. The van der Waals surface area contributed by atoms with E-state index in [0.717, 1.165) is 16.7 Å². The summed E-state index contributed by atoms with van der Waals surface area (Å²) in [7, 11) is 0. The molecule has 16 heavy (non-hydrogen) atoms. The Hall–Kier alpha value is -1.93. The van der Waals surface area contributed by atoms with E-state index in [1.807, 2.05) is 60.8 Å². The number of benzene rings is 2. The van der Waals surface area contributed by atoms with Gasteiger partial charge in [0.15, 0.2) is 5.66 Å².